The van der Waals surface area contributed by atoms with Gasteiger partial charge in [0.15, 0.2) is 5.58 Å². The third-order valence-corrected chi connectivity index (χ3v) is 3.24. The van der Waals surface area contributed by atoms with E-state index in [-0.39, 0.29) is 17.5 Å². The number of aromatic nitrogens is 2. The monoisotopic (exact) mass is 327 g/mol. The third-order valence-electron chi connectivity index (χ3n) is 3.24. The highest BCUT2D eigenvalue weighted by Crippen LogP contribution is 2.32. The fraction of sp³-hybridized carbons (Fsp3) is 0.125. The van der Waals surface area contributed by atoms with Gasteiger partial charge in [0.05, 0.1) is 18.9 Å². The summed E-state index contributed by atoms with van der Waals surface area (Å²) in [6.45, 7) is 1.41. The second kappa shape index (κ2) is 5.99. The number of carbonyl (C=O) groups excluding carboxylic acids is 1. The molecule has 24 heavy (non-hydrogen) atoms. The van der Waals surface area contributed by atoms with Gasteiger partial charge in [-0.3, -0.25) is 4.79 Å². The van der Waals surface area contributed by atoms with Crippen molar-refractivity contribution >= 4 is 28.7 Å². The lowest BCUT2D eigenvalue weighted by Crippen LogP contribution is -2.05. The number of oxazole rings is 1. The molecule has 122 valence electrons. The van der Waals surface area contributed by atoms with E-state index >= 15 is 0 Å². The van der Waals surface area contributed by atoms with Crippen LogP contribution in [0.1, 0.15) is 17.4 Å². The van der Waals surface area contributed by atoms with Gasteiger partial charge in [-0.05, 0) is 24.3 Å². The normalized spacial score (nSPS) is 10.6. The molecule has 0 atom stereocenters. The van der Waals surface area contributed by atoms with E-state index in [0.29, 0.717) is 28.1 Å². The van der Waals surface area contributed by atoms with Crippen LogP contribution in [0.15, 0.2) is 34.9 Å². The van der Waals surface area contributed by atoms with Crippen LogP contribution in [-0.2, 0) is 4.79 Å². The average Bonchev–Trinajstić information content (AvgIpc) is 2.96. The number of hydrogen-bond acceptors (Lipinski definition) is 6. The number of anilines is 1. The topological polar surface area (TPSA) is 115 Å². The number of carboxylic acid groups (broad SMARTS) is 1. The van der Waals surface area contributed by atoms with Crippen molar-refractivity contribution in [3.63, 3.8) is 0 Å². The first-order valence-electron chi connectivity index (χ1n) is 6.94. The molecule has 0 bridgehead atoms. The van der Waals surface area contributed by atoms with Crippen LogP contribution >= 0.6 is 0 Å². The lowest BCUT2D eigenvalue weighted by Gasteiger charge is -2.05. The predicted molar refractivity (Wildman–Crippen MR) is 85.1 cm³/mol. The summed E-state index contributed by atoms with van der Waals surface area (Å²) in [6.07, 6.45) is 1.30. The molecular weight excluding hydrogens is 314 g/mol. The molecule has 0 aliphatic carbocycles. The maximum absolute atomic E-state index is 11.1. The number of aromatic carboxylic acids is 1. The Morgan fingerprint density at radius 2 is 2.08 bits per heavy atom. The lowest BCUT2D eigenvalue weighted by atomic mass is 10.2. The van der Waals surface area contributed by atoms with Gasteiger partial charge in [0, 0.05) is 12.6 Å². The number of rotatable bonds is 4. The molecule has 0 aliphatic heterocycles. The minimum absolute atomic E-state index is 0.146. The van der Waals surface area contributed by atoms with E-state index in [4.69, 9.17) is 14.3 Å². The Morgan fingerprint density at radius 3 is 2.75 bits per heavy atom. The first-order valence-corrected chi connectivity index (χ1v) is 6.94. The molecule has 3 aromatic rings. The first-order chi connectivity index (χ1) is 11.5. The molecule has 0 fully saturated rings. The van der Waals surface area contributed by atoms with Crippen molar-refractivity contribution in [2.45, 2.75) is 6.92 Å². The zero-order chi connectivity index (χ0) is 17.3. The molecule has 1 aromatic carbocycles. The second-order valence-corrected chi connectivity index (χ2v) is 4.96. The first kappa shape index (κ1) is 15.5. The largest absolute Gasteiger partial charge is 0.494 e. The summed E-state index contributed by atoms with van der Waals surface area (Å²) in [5.74, 6) is -0.816. The zero-order valence-corrected chi connectivity index (χ0v) is 12.9. The fourth-order valence-corrected chi connectivity index (χ4v) is 2.21. The molecule has 1 amide bonds. The summed E-state index contributed by atoms with van der Waals surface area (Å²) < 4.78 is 10.9. The number of nitrogens with one attached hydrogen (secondary N) is 1. The smallest absolute Gasteiger partial charge is 0.354 e. The van der Waals surface area contributed by atoms with Gasteiger partial charge in [-0.25, -0.2) is 14.8 Å². The Labute approximate surface area is 136 Å². The summed E-state index contributed by atoms with van der Waals surface area (Å²) in [7, 11) is 1.44. The minimum Gasteiger partial charge on any atom is -0.494 e. The molecule has 8 heteroatoms. The summed E-state index contributed by atoms with van der Waals surface area (Å²) in [5, 5.41) is 11.7. The van der Waals surface area contributed by atoms with Crippen molar-refractivity contribution < 1.29 is 23.8 Å². The molecule has 0 saturated heterocycles. The van der Waals surface area contributed by atoms with Gasteiger partial charge in [-0.1, -0.05) is 0 Å². The number of hydrogen-bond donors (Lipinski definition) is 2. The Hall–Kier alpha value is -3.42. The second-order valence-electron chi connectivity index (χ2n) is 4.96. The van der Waals surface area contributed by atoms with Crippen LogP contribution in [0.3, 0.4) is 0 Å². The van der Waals surface area contributed by atoms with Gasteiger partial charge < -0.3 is 19.6 Å². The third kappa shape index (κ3) is 2.89. The quantitative estimate of drug-likeness (QED) is 0.756. The van der Waals surface area contributed by atoms with Gasteiger partial charge in [-0.2, -0.15) is 0 Å². The highest BCUT2D eigenvalue weighted by atomic mass is 16.5. The van der Waals surface area contributed by atoms with Crippen molar-refractivity contribution in [3.8, 4) is 17.2 Å². The van der Waals surface area contributed by atoms with E-state index in [1.807, 2.05) is 0 Å². The van der Waals surface area contributed by atoms with Crippen LogP contribution in [-0.4, -0.2) is 34.1 Å². The van der Waals surface area contributed by atoms with Crippen LogP contribution in [0.5, 0.6) is 5.75 Å². The van der Waals surface area contributed by atoms with E-state index in [1.165, 1.54) is 26.3 Å². The molecule has 0 spiro atoms. The molecule has 2 aromatic heterocycles. The number of ether oxygens (including phenoxy) is 1. The number of benzene rings is 1. The van der Waals surface area contributed by atoms with Crippen LogP contribution in [0, 0.1) is 0 Å². The molecule has 0 unspecified atom stereocenters. The predicted octanol–water partition coefficient (Wildman–Crippen LogP) is 2.56. The Morgan fingerprint density at radius 1 is 1.29 bits per heavy atom. The van der Waals surface area contributed by atoms with Crippen molar-refractivity contribution in [2.24, 2.45) is 0 Å². The van der Waals surface area contributed by atoms with Crippen LogP contribution < -0.4 is 10.1 Å². The van der Waals surface area contributed by atoms with E-state index in [9.17, 15) is 9.59 Å². The molecule has 2 N–H and O–H groups in total. The number of amides is 1. The van der Waals surface area contributed by atoms with E-state index in [1.54, 1.807) is 18.2 Å². The fourth-order valence-electron chi connectivity index (χ4n) is 2.21. The summed E-state index contributed by atoms with van der Waals surface area (Å²) in [5.41, 5.74) is 1.83. The summed E-state index contributed by atoms with van der Waals surface area (Å²) in [4.78, 5) is 30.4. The van der Waals surface area contributed by atoms with Crippen LogP contribution in [0.4, 0.5) is 5.69 Å². The zero-order valence-electron chi connectivity index (χ0n) is 12.9. The number of pyridine rings is 1. The average molecular weight is 327 g/mol. The SMILES string of the molecule is COc1cnc(C(=O)O)cc1-c1nc2cc(NC(C)=O)ccc2o1. The van der Waals surface area contributed by atoms with Crippen LogP contribution in [0.2, 0.25) is 0 Å². The van der Waals surface area contributed by atoms with Gasteiger partial charge in [-0.15, -0.1) is 0 Å². The maximum atomic E-state index is 11.1. The standard InChI is InChI=1S/C16H13N3O5/c1-8(20)18-9-3-4-13-11(5-9)19-15(24-13)10-6-12(16(21)22)17-7-14(10)23-2/h3-7H,1-2H3,(H,18,20)(H,21,22). The molecule has 8 nitrogen and oxygen atoms in total. The summed E-state index contributed by atoms with van der Waals surface area (Å²) >= 11 is 0. The van der Waals surface area contributed by atoms with E-state index in [2.05, 4.69) is 15.3 Å². The highest BCUT2D eigenvalue weighted by molar-refractivity contribution is 5.92. The highest BCUT2D eigenvalue weighted by Gasteiger charge is 2.17. The van der Waals surface area contributed by atoms with E-state index in [0.717, 1.165) is 0 Å². The van der Waals surface area contributed by atoms with Crippen molar-refractivity contribution in [1.29, 1.82) is 0 Å². The van der Waals surface area contributed by atoms with Crippen LogP contribution in [0.25, 0.3) is 22.6 Å². The lowest BCUT2D eigenvalue weighted by molar-refractivity contribution is -0.114. The van der Waals surface area contributed by atoms with Gasteiger partial charge >= 0.3 is 5.97 Å². The number of carboxylic acids is 1. The summed E-state index contributed by atoms with van der Waals surface area (Å²) in [6, 6.07) is 6.35. The Bertz CT molecular complexity index is 948. The number of carbonyl (C=O) groups is 2. The van der Waals surface area contributed by atoms with Crippen molar-refractivity contribution in [1.82, 2.24) is 9.97 Å². The Balaban J connectivity index is 2.10. The van der Waals surface area contributed by atoms with Crippen molar-refractivity contribution in [3.05, 3.63) is 36.2 Å². The van der Waals surface area contributed by atoms with E-state index < -0.39 is 5.97 Å². The number of methoxy groups -OCH3 is 1. The van der Waals surface area contributed by atoms with Gasteiger partial charge in [0.1, 0.15) is 17.0 Å². The minimum atomic E-state index is -1.16. The molecule has 0 saturated carbocycles. The number of fused-ring (bicyclic) bond motifs is 1. The molecule has 2 heterocycles. The Kier molecular flexibility index (Phi) is 3.87. The van der Waals surface area contributed by atoms with Gasteiger partial charge in [0.25, 0.3) is 0 Å². The van der Waals surface area contributed by atoms with Crippen molar-refractivity contribution in [2.75, 3.05) is 12.4 Å². The molecular formula is C16H13N3O5. The molecule has 0 aliphatic rings. The number of nitrogens with zero attached hydrogens (tertiary/aromatic N) is 2. The molecule has 0 radical (unpaired) electrons. The van der Waals surface area contributed by atoms with Gasteiger partial charge in [0.2, 0.25) is 11.8 Å². The molecule has 3 rings (SSSR count). The maximum Gasteiger partial charge on any atom is 0.354 e.